The van der Waals surface area contributed by atoms with Gasteiger partial charge in [0.2, 0.25) is 5.78 Å². The molecule has 0 spiro atoms. The van der Waals surface area contributed by atoms with Gasteiger partial charge in [-0.3, -0.25) is 14.5 Å². The van der Waals surface area contributed by atoms with E-state index in [1.165, 1.54) is 0 Å². The maximum Gasteiger partial charge on any atom is 0.292 e. The van der Waals surface area contributed by atoms with Gasteiger partial charge in [-0.05, 0) is 25.8 Å². The van der Waals surface area contributed by atoms with Crippen LogP contribution < -0.4 is 5.32 Å². The molecule has 0 saturated carbocycles. The number of hydrogen-bond acceptors (Lipinski definition) is 4. The number of nitrogens with one attached hydrogen (secondary N) is 2. The number of carbonyl (C=O) groups excluding carboxylic acids is 2. The molecule has 1 atom stereocenters. The van der Waals surface area contributed by atoms with Crippen molar-refractivity contribution in [3.05, 3.63) is 53.6 Å². The molecule has 0 unspecified atom stereocenters. The molecule has 0 aliphatic carbocycles. The van der Waals surface area contributed by atoms with Crippen LogP contribution in [0.1, 0.15) is 28.3 Å². The van der Waals surface area contributed by atoms with Crippen LogP contribution in [0.3, 0.4) is 0 Å². The number of amides is 1. The van der Waals surface area contributed by atoms with E-state index in [1.807, 2.05) is 19.2 Å². The van der Waals surface area contributed by atoms with Crippen LogP contribution in [-0.2, 0) is 11.3 Å². The van der Waals surface area contributed by atoms with Crippen molar-refractivity contribution in [2.45, 2.75) is 19.9 Å². The van der Waals surface area contributed by atoms with Crippen molar-refractivity contribution in [1.29, 1.82) is 0 Å². The topological polar surface area (TPSA) is 78.1 Å². The lowest BCUT2D eigenvalue weighted by molar-refractivity contribution is -0.117. The van der Waals surface area contributed by atoms with Gasteiger partial charge in [0.25, 0.3) is 5.91 Å². The summed E-state index contributed by atoms with van der Waals surface area (Å²) in [6.45, 7) is 5.23. The fourth-order valence-corrected chi connectivity index (χ4v) is 3.05. The SMILES string of the molecule is Cc1ncc(CN2CC[C@H](CNC(=O)C(=O)c3ccccc3)C2)[nH]1. The van der Waals surface area contributed by atoms with E-state index in [0.29, 0.717) is 18.0 Å². The summed E-state index contributed by atoms with van der Waals surface area (Å²) in [5.74, 6) is 0.302. The van der Waals surface area contributed by atoms with Crippen LogP contribution >= 0.6 is 0 Å². The summed E-state index contributed by atoms with van der Waals surface area (Å²) in [4.78, 5) is 33.8. The molecule has 1 aliphatic rings. The average Bonchev–Trinajstić information content (AvgIpc) is 3.22. The van der Waals surface area contributed by atoms with Crippen molar-refractivity contribution in [3.8, 4) is 0 Å². The number of H-pyrrole nitrogens is 1. The first-order valence-electron chi connectivity index (χ1n) is 8.22. The molecule has 1 fully saturated rings. The van der Waals surface area contributed by atoms with Crippen LogP contribution in [0.2, 0.25) is 0 Å². The summed E-state index contributed by atoms with van der Waals surface area (Å²) in [5, 5.41) is 2.78. The molecule has 24 heavy (non-hydrogen) atoms. The summed E-state index contributed by atoms with van der Waals surface area (Å²) in [5.41, 5.74) is 1.54. The van der Waals surface area contributed by atoms with Crippen molar-refractivity contribution in [2.75, 3.05) is 19.6 Å². The number of Topliss-reactive ketones (excluding diaryl/α,β-unsaturated/α-hetero) is 1. The minimum atomic E-state index is -0.524. The van der Waals surface area contributed by atoms with E-state index in [-0.39, 0.29) is 0 Å². The Hall–Kier alpha value is -2.47. The first-order valence-corrected chi connectivity index (χ1v) is 8.22. The Kier molecular flexibility index (Phi) is 5.05. The Labute approximate surface area is 141 Å². The summed E-state index contributed by atoms with van der Waals surface area (Å²) < 4.78 is 0. The number of rotatable bonds is 6. The molecule has 1 saturated heterocycles. The van der Waals surface area contributed by atoms with E-state index >= 15 is 0 Å². The van der Waals surface area contributed by atoms with E-state index in [2.05, 4.69) is 20.2 Å². The highest BCUT2D eigenvalue weighted by Gasteiger charge is 2.24. The maximum atomic E-state index is 12.0. The second kappa shape index (κ2) is 7.40. The third-order valence-corrected chi connectivity index (χ3v) is 4.31. The molecule has 2 N–H and O–H groups in total. The third-order valence-electron chi connectivity index (χ3n) is 4.31. The van der Waals surface area contributed by atoms with Gasteiger partial charge in [0, 0.05) is 37.1 Å². The minimum Gasteiger partial charge on any atom is -0.349 e. The molecular weight excluding hydrogens is 304 g/mol. The first-order chi connectivity index (χ1) is 11.6. The number of benzene rings is 1. The van der Waals surface area contributed by atoms with Gasteiger partial charge in [-0.25, -0.2) is 4.98 Å². The summed E-state index contributed by atoms with van der Waals surface area (Å²) in [7, 11) is 0. The number of aromatic nitrogens is 2. The van der Waals surface area contributed by atoms with Gasteiger partial charge in [0.05, 0.1) is 0 Å². The highest BCUT2D eigenvalue weighted by atomic mass is 16.2. The summed E-state index contributed by atoms with van der Waals surface area (Å²) in [6, 6.07) is 8.65. The molecule has 1 aliphatic heterocycles. The number of aryl methyl sites for hydroxylation is 1. The van der Waals surface area contributed by atoms with Crippen molar-refractivity contribution in [2.24, 2.45) is 5.92 Å². The number of likely N-dealkylation sites (tertiary alicyclic amines) is 1. The zero-order chi connectivity index (χ0) is 16.9. The normalized spacial score (nSPS) is 17.8. The van der Waals surface area contributed by atoms with Crippen LogP contribution in [0.25, 0.3) is 0 Å². The van der Waals surface area contributed by atoms with Gasteiger partial charge in [-0.2, -0.15) is 0 Å². The van der Waals surface area contributed by atoms with Crippen molar-refractivity contribution in [1.82, 2.24) is 20.2 Å². The molecular formula is C18H22N4O2. The van der Waals surface area contributed by atoms with Gasteiger partial charge in [-0.15, -0.1) is 0 Å². The Morgan fingerprint density at radius 1 is 1.33 bits per heavy atom. The number of carbonyl (C=O) groups is 2. The first kappa shape index (κ1) is 16.4. The number of hydrogen-bond donors (Lipinski definition) is 2. The van der Waals surface area contributed by atoms with E-state index < -0.39 is 11.7 Å². The molecule has 126 valence electrons. The summed E-state index contributed by atoms with van der Waals surface area (Å²) in [6.07, 6.45) is 2.88. The van der Waals surface area contributed by atoms with Crippen LogP contribution in [0.5, 0.6) is 0 Å². The average molecular weight is 326 g/mol. The standard InChI is InChI=1S/C18H22N4O2/c1-13-19-10-16(21-13)12-22-8-7-14(11-22)9-20-18(24)17(23)15-5-3-2-4-6-15/h2-6,10,14H,7-9,11-12H2,1H3,(H,19,21)(H,20,24)/t14-/m1/s1. The Balaban J connectivity index is 1.44. The Morgan fingerprint density at radius 3 is 2.83 bits per heavy atom. The van der Waals surface area contributed by atoms with Crippen LogP contribution in [0, 0.1) is 12.8 Å². The van der Waals surface area contributed by atoms with Gasteiger partial charge >= 0.3 is 0 Å². The zero-order valence-corrected chi connectivity index (χ0v) is 13.8. The number of nitrogens with zero attached hydrogens (tertiary/aromatic N) is 2. The predicted octanol–water partition coefficient (Wildman–Crippen LogP) is 1.54. The lowest BCUT2D eigenvalue weighted by atomic mass is 10.1. The molecule has 2 heterocycles. The Bertz CT molecular complexity index is 711. The lowest BCUT2D eigenvalue weighted by Crippen LogP contribution is -2.35. The second-order valence-electron chi connectivity index (χ2n) is 6.29. The number of ketones is 1. The fraction of sp³-hybridized carbons (Fsp3) is 0.389. The monoisotopic (exact) mass is 326 g/mol. The fourth-order valence-electron chi connectivity index (χ4n) is 3.05. The molecule has 1 amide bonds. The summed E-state index contributed by atoms with van der Waals surface area (Å²) >= 11 is 0. The van der Waals surface area contributed by atoms with Crippen LogP contribution in [0.15, 0.2) is 36.5 Å². The highest BCUT2D eigenvalue weighted by molar-refractivity contribution is 6.42. The van der Waals surface area contributed by atoms with E-state index in [9.17, 15) is 9.59 Å². The molecule has 0 bridgehead atoms. The van der Waals surface area contributed by atoms with E-state index in [1.54, 1.807) is 24.3 Å². The number of imidazole rings is 1. The second-order valence-corrected chi connectivity index (χ2v) is 6.29. The predicted molar refractivity (Wildman–Crippen MR) is 90.5 cm³/mol. The molecule has 1 aromatic heterocycles. The zero-order valence-electron chi connectivity index (χ0n) is 13.8. The van der Waals surface area contributed by atoms with Gasteiger partial charge in [-0.1, -0.05) is 30.3 Å². The molecule has 6 heteroatoms. The molecule has 3 rings (SSSR count). The molecule has 6 nitrogen and oxygen atoms in total. The third kappa shape index (κ3) is 4.08. The van der Waals surface area contributed by atoms with Gasteiger partial charge in [0.1, 0.15) is 5.82 Å². The van der Waals surface area contributed by atoms with Crippen molar-refractivity contribution < 1.29 is 9.59 Å². The lowest BCUT2D eigenvalue weighted by Gasteiger charge is -2.15. The molecule has 1 aromatic carbocycles. The largest absolute Gasteiger partial charge is 0.349 e. The van der Waals surface area contributed by atoms with Gasteiger partial charge in [0.15, 0.2) is 0 Å². The van der Waals surface area contributed by atoms with E-state index in [4.69, 9.17) is 0 Å². The Morgan fingerprint density at radius 2 is 2.12 bits per heavy atom. The van der Waals surface area contributed by atoms with Crippen LogP contribution in [0.4, 0.5) is 0 Å². The molecule has 0 radical (unpaired) electrons. The quantitative estimate of drug-likeness (QED) is 0.623. The smallest absolute Gasteiger partial charge is 0.292 e. The van der Waals surface area contributed by atoms with Crippen LogP contribution in [-0.4, -0.2) is 46.2 Å². The van der Waals surface area contributed by atoms with Gasteiger partial charge < -0.3 is 10.3 Å². The minimum absolute atomic E-state index is 0.376. The van der Waals surface area contributed by atoms with Crippen molar-refractivity contribution in [3.63, 3.8) is 0 Å². The van der Waals surface area contributed by atoms with E-state index in [0.717, 1.165) is 37.6 Å². The molecule has 2 aromatic rings. The highest BCUT2D eigenvalue weighted by Crippen LogP contribution is 2.17. The van der Waals surface area contributed by atoms with Crippen molar-refractivity contribution >= 4 is 11.7 Å². The maximum absolute atomic E-state index is 12.0. The number of aromatic amines is 1.